The monoisotopic (exact) mass is 319 g/mol. The van der Waals surface area contributed by atoms with Crippen LogP contribution in [0.4, 0.5) is 4.39 Å². The SMILES string of the molecule is Cn1cnc2c1CCN(C[C@H](O)COCc1ccccc1F)C2. The average Bonchev–Trinajstić information content (AvgIpc) is 2.90. The van der Waals surface area contributed by atoms with E-state index in [0.717, 1.165) is 25.2 Å². The molecular weight excluding hydrogens is 297 g/mol. The molecule has 0 saturated carbocycles. The predicted octanol–water partition coefficient (Wildman–Crippen LogP) is 1.49. The quantitative estimate of drug-likeness (QED) is 0.876. The Bertz CT molecular complexity index is 659. The number of nitrogens with zero attached hydrogens (tertiary/aromatic N) is 3. The number of aryl methyl sites for hydroxylation is 1. The largest absolute Gasteiger partial charge is 0.389 e. The number of halogens is 1. The second kappa shape index (κ2) is 7.21. The molecule has 124 valence electrons. The summed E-state index contributed by atoms with van der Waals surface area (Å²) in [5.41, 5.74) is 2.86. The molecule has 6 heteroatoms. The van der Waals surface area contributed by atoms with Crippen molar-refractivity contribution in [2.75, 3.05) is 19.7 Å². The fraction of sp³-hybridized carbons (Fsp3) is 0.471. The van der Waals surface area contributed by atoms with Gasteiger partial charge in [0.25, 0.3) is 0 Å². The molecule has 0 fully saturated rings. The van der Waals surface area contributed by atoms with E-state index in [9.17, 15) is 9.50 Å². The first kappa shape index (κ1) is 16.1. The van der Waals surface area contributed by atoms with E-state index in [1.54, 1.807) is 18.2 Å². The van der Waals surface area contributed by atoms with Crippen LogP contribution in [0.2, 0.25) is 0 Å². The van der Waals surface area contributed by atoms with E-state index in [1.165, 1.54) is 11.8 Å². The number of rotatable bonds is 6. The Morgan fingerprint density at radius 2 is 2.22 bits per heavy atom. The Hall–Kier alpha value is -1.76. The van der Waals surface area contributed by atoms with Crippen molar-refractivity contribution in [1.29, 1.82) is 0 Å². The fourth-order valence-corrected chi connectivity index (χ4v) is 2.94. The highest BCUT2D eigenvalue weighted by Crippen LogP contribution is 2.17. The third-order valence-corrected chi connectivity index (χ3v) is 4.18. The van der Waals surface area contributed by atoms with Gasteiger partial charge in [-0.2, -0.15) is 0 Å². The van der Waals surface area contributed by atoms with E-state index in [4.69, 9.17) is 4.74 Å². The van der Waals surface area contributed by atoms with Gasteiger partial charge in [-0.3, -0.25) is 4.90 Å². The van der Waals surface area contributed by atoms with Gasteiger partial charge in [0.2, 0.25) is 0 Å². The molecular formula is C17H22FN3O2. The first-order valence-corrected chi connectivity index (χ1v) is 7.84. The van der Waals surface area contributed by atoms with Crippen LogP contribution in [0.15, 0.2) is 30.6 Å². The lowest BCUT2D eigenvalue weighted by Crippen LogP contribution is -2.38. The maximum atomic E-state index is 13.5. The third-order valence-electron chi connectivity index (χ3n) is 4.18. The second-order valence-electron chi connectivity index (χ2n) is 5.99. The van der Waals surface area contributed by atoms with Crippen molar-refractivity contribution in [3.63, 3.8) is 0 Å². The summed E-state index contributed by atoms with van der Waals surface area (Å²) in [6, 6.07) is 6.52. The molecule has 3 rings (SSSR count). The van der Waals surface area contributed by atoms with Crippen molar-refractivity contribution in [3.8, 4) is 0 Å². The van der Waals surface area contributed by atoms with Crippen LogP contribution in [0.3, 0.4) is 0 Å². The number of imidazole rings is 1. The molecule has 0 radical (unpaired) electrons. The van der Waals surface area contributed by atoms with Gasteiger partial charge in [-0.15, -0.1) is 0 Å². The molecule has 1 aromatic carbocycles. The van der Waals surface area contributed by atoms with Gasteiger partial charge in [0.05, 0.1) is 31.3 Å². The summed E-state index contributed by atoms with van der Waals surface area (Å²) in [7, 11) is 2.01. The maximum Gasteiger partial charge on any atom is 0.128 e. The molecule has 0 unspecified atom stereocenters. The molecule has 1 aromatic heterocycles. The van der Waals surface area contributed by atoms with Gasteiger partial charge in [0, 0.05) is 44.4 Å². The highest BCUT2D eigenvalue weighted by atomic mass is 19.1. The lowest BCUT2D eigenvalue weighted by atomic mass is 10.1. The molecule has 2 aromatic rings. The van der Waals surface area contributed by atoms with Gasteiger partial charge < -0.3 is 14.4 Å². The lowest BCUT2D eigenvalue weighted by Gasteiger charge is -2.28. The van der Waals surface area contributed by atoms with Crippen LogP contribution in [-0.2, 0) is 31.4 Å². The normalized spacial score (nSPS) is 16.3. The summed E-state index contributed by atoms with van der Waals surface area (Å²) in [5, 5.41) is 10.1. The van der Waals surface area contributed by atoms with Crippen LogP contribution in [0.5, 0.6) is 0 Å². The number of aliphatic hydroxyl groups excluding tert-OH is 1. The minimum Gasteiger partial charge on any atom is -0.389 e. The van der Waals surface area contributed by atoms with Crippen molar-refractivity contribution in [2.24, 2.45) is 7.05 Å². The molecule has 0 spiro atoms. The zero-order valence-electron chi connectivity index (χ0n) is 13.3. The number of β-amino-alcohol motifs (C(OH)–C–C–N with tert-alkyl or cyclic N) is 1. The first-order valence-electron chi connectivity index (χ1n) is 7.84. The van der Waals surface area contributed by atoms with Crippen molar-refractivity contribution in [3.05, 3.63) is 53.4 Å². The Kier molecular flexibility index (Phi) is 5.05. The number of benzene rings is 1. The standard InChI is InChI=1S/C17H22FN3O2/c1-20-12-19-16-9-21(7-6-17(16)20)8-14(22)11-23-10-13-4-2-3-5-15(13)18/h2-5,12,14,22H,6-11H2,1H3/t14-/m0/s1. The summed E-state index contributed by atoms with van der Waals surface area (Å²) < 4.78 is 21.0. The first-order chi connectivity index (χ1) is 11.1. The number of hydrogen-bond donors (Lipinski definition) is 1. The zero-order chi connectivity index (χ0) is 16.2. The zero-order valence-corrected chi connectivity index (χ0v) is 13.3. The molecule has 0 aliphatic carbocycles. The molecule has 0 saturated heterocycles. The number of aliphatic hydroxyl groups is 1. The van der Waals surface area contributed by atoms with Gasteiger partial charge in [0.1, 0.15) is 5.82 Å². The van der Waals surface area contributed by atoms with Crippen LogP contribution < -0.4 is 0 Å². The maximum absolute atomic E-state index is 13.5. The Labute approximate surface area is 135 Å². The third kappa shape index (κ3) is 3.96. The Morgan fingerprint density at radius 1 is 1.39 bits per heavy atom. The summed E-state index contributed by atoms with van der Waals surface area (Å²) in [6.07, 6.45) is 2.18. The van der Waals surface area contributed by atoms with Crippen molar-refractivity contribution < 1.29 is 14.2 Å². The van der Waals surface area contributed by atoms with E-state index >= 15 is 0 Å². The summed E-state index contributed by atoms with van der Waals surface area (Å²) in [5.74, 6) is -0.277. The molecule has 0 amide bonds. The average molecular weight is 319 g/mol. The summed E-state index contributed by atoms with van der Waals surface area (Å²) in [4.78, 5) is 6.57. The van der Waals surface area contributed by atoms with Crippen LogP contribution in [0.25, 0.3) is 0 Å². The lowest BCUT2D eigenvalue weighted by molar-refractivity contribution is 0.00671. The van der Waals surface area contributed by atoms with Crippen molar-refractivity contribution >= 4 is 0 Å². The molecule has 0 bridgehead atoms. The van der Waals surface area contributed by atoms with Gasteiger partial charge in [0.15, 0.2) is 0 Å². The van der Waals surface area contributed by atoms with Crippen LogP contribution in [0.1, 0.15) is 17.0 Å². The number of fused-ring (bicyclic) bond motifs is 1. The van der Waals surface area contributed by atoms with Crippen molar-refractivity contribution in [1.82, 2.24) is 14.5 Å². The van der Waals surface area contributed by atoms with E-state index in [-0.39, 0.29) is 19.0 Å². The predicted molar refractivity (Wildman–Crippen MR) is 84.3 cm³/mol. The summed E-state index contributed by atoms with van der Waals surface area (Å²) >= 11 is 0. The Morgan fingerprint density at radius 3 is 3.04 bits per heavy atom. The summed E-state index contributed by atoms with van der Waals surface area (Å²) in [6.45, 7) is 2.55. The minimum atomic E-state index is -0.591. The molecule has 5 nitrogen and oxygen atoms in total. The molecule has 2 heterocycles. The van der Waals surface area contributed by atoms with Gasteiger partial charge in [-0.25, -0.2) is 9.37 Å². The molecule has 1 N–H and O–H groups in total. The molecule has 1 atom stereocenters. The topological polar surface area (TPSA) is 50.5 Å². The van der Waals surface area contributed by atoms with E-state index in [1.807, 2.05) is 13.4 Å². The van der Waals surface area contributed by atoms with Crippen molar-refractivity contribution in [2.45, 2.75) is 25.7 Å². The van der Waals surface area contributed by atoms with E-state index in [2.05, 4.69) is 14.5 Å². The van der Waals surface area contributed by atoms with Gasteiger partial charge >= 0.3 is 0 Å². The molecule has 1 aliphatic rings. The highest BCUT2D eigenvalue weighted by molar-refractivity contribution is 5.17. The molecule has 1 aliphatic heterocycles. The van der Waals surface area contributed by atoms with Crippen LogP contribution >= 0.6 is 0 Å². The highest BCUT2D eigenvalue weighted by Gasteiger charge is 2.21. The van der Waals surface area contributed by atoms with E-state index < -0.39 is 6.10 Å². The van der Waals surface area contributed by atoms with Gasteiger partial charge in [-0.05, 0) is 6.07 Å². The number of aromatic nitrogens is 2. The number of ether oxygens (including phenoxy) is 1. The molecule has 23 heavy (non-hydrogen) atoms. The van der Waals surface area contributed by atoms with Crippen LogP contribution in [-0.4, -0.2) is 45.4 Å². The second-order valence-corrected chi connectivity index (χ2v) is 5.99. The Balaban J connectivity index is 1.43. The number of hydrogen-bond acceptors (Lipinski definition) is 4. The van der Waals surface area contributed by atoms with Crippen LogP contribution in [0, 0.1) is 5.82 Å². The minimum absolute atomic E-state index is 0.175. The van der Waals surface area contributed by atoms with Gasteiger partial charge in [-0.1, -0.05) is 18.2 Å². The fourth-order valence-electron chi connectivity index (χ4n) is 2.94. The smallest absolute Gasteiger partial charge is 0.128 e. The van der Waals surface area contributed by atoms with E-state index in [0.29, 0.717) is 12.1 Å².